The molecule has 0 aliphatic carbocycles. The van der Waals surface area contributed by atoms with E-state index in [0.717, 1.165) is 23.2 Å². The summed E-state index contributed by atoms with van der Waals surface area (Å²) in [6, 6.07) is 1.93. The smallest absolute Gasteiger partial charge is 0.144 e. The first kappa shape index (κ1) is 12.8. The Balaban J connectivity index is 2.42. The fraction of sp³-hybridized carbons (Fsp3) is 0.400. The van der Waals surface area contributed by atoms with Crippen LogP contribution in [0.2, 0.25) is 0 Å². The minimum absolute atomic E-state index is 0.0940. The van der Waals surface area contributed by atoms with Gasteiger partial charge in [-0.1, -0.05) is 15.9 Å². The lowest BCUT2D eigenvalue weighted by atomic mass is 10.1. The summed E-state index contributed by atoms with van der Waals surface area (Å²) in [5, 5.41) is 13.2. The standard InChI is InChI=1S/C10H10Br3NO2/c11-5-3-6(12)10(15)9(13)8(5)7-4-16-2-1-14-7/h3,7,14-15H,1-2,4H2/t7-/m0/s1. The van der Waals surface area contributed by atoms with Gasteiger partial charge in [-0.25, -0.2) is 0 Å². The third-order valence-corrected chi connectivity index (χ3v) is 4.51. The average Bonchev–Trinajstić information content (AvgIpc) is 2.28. The Hall–Kier alpha value is 0.380. The molecule has 0 amide bonds. The maximum absolute atomic E-state index is 9.86. The van der Waals surface area contributed by atoms with E-state index in [0.29, 0.717) is 15.6 Å². The summed E-state index contributed by atoms with van der Waals surface area (Å²) in [7, 11) is 0. The van der Waals surface area contributed by atoms with E-state index in [1.165, 1.54) is 0 Å². The number of rotatable bonds is 1. The van der Waals surface area contributed by atoms with Crippen LogP contribution >= 0.6 is 47.8 Å². The predicted octanol–water partition coefficient (Wildman–Crippen LogP) is 3.34. The molecule has 2 rings (SSSR count). The van der Waals surface area contributed by atoms with Gasteiger partial charge in [0.1, 0.15) is 5.75 Å². The Morgan fingerprint density at radius 3 is 2.69 bits per heavy atom. The molecule has 1 fully saturated rings. The molecule has 1 aromatic rings. The second kappa shape index (κ2) is 5.35. The third-order valence-electron chi connectivity index (χ3n) is 2.45. The highest BCUT2D eigenvalue weighted by Gasteiger charge is 2.23. The topological polar surface area (TPSA) is 41.5 Å². The van der Waals surface area contributed by atoms with Crippen molar-refractivity contribution in [1.29, 1.82) is 0 Å². The van der Waals surface area contributed by atoms with Crippen molar-refractivity contribution in [2.24, 2.45) is 0 Å². The third kappa shape index (κ3) is 2.46. The fourth-order valence-corrected chi connectivity index (χ4v) is 4.34. The van der Waals surface area contributed by atoms with Gasteiger partial charge in [-0.3, -0.25) is 0 Å². The van der Waals surface area contributed by atoms with Crippen molar-refractivity contribution in [3.8, 4) is 5.75 Å². The predicted molar refractivity (Wildman–Crippen MR) is 72.8 cm³/mol. The molecule has 1 atom stereocenters. The lowest BCUT2D eigenvalue weighted by molar-refractivity contribution is 0.0764. The summed E-state index contributed by atoms with van der Waals surface area (Å²) in [4.78, 5) is 0. The summed E-state index contributed by atoms with van der Waals surface area (Å²) >= 11 is 10.2. The van der Waals surface area contributed by atoms with Gasteiger partial charge in [-0.15, -0.1) is 0 Å². The number of benzene rings is 1. The van der Waals surface area contributed by atoms with Crippen molar-refractivity contribution >= 4 is 47.8 Å². The van der Waals surface area contributed by atoms with Crippen molar-refractivity contribution in [3.63, 3.8) is 0 Å². The van der Waals surface area contributed by atoms with Crippen LogP contribution < -0.4 is 5.32 Å². The molecule has 2 N–H and O–H groups in total. The monoisotopic (exact) mass is 413 g/mol. The second-order valence-corrected chi connectivity index (χ2v) is 6.00. The zero-order valence-corrected chi connectivity index (χ0v) is 13.0. The van der Waals surface area contributed by atoms with Gasteiger partial charge in [0.25, 0.3) is 0 Å². The van der Waals surface area contributed by atoms with Crippen LogP contribution in [0.5, 0.6) is 5.75 Å². The van der Waals surface area contributed by atoms with Crippen LogP contribution in [-0.4, -0.2) is 24.9 Å². The molecule has 0 radical (unpaired) electrons. The Bertz CT molecular complexity index is 406. The van der Waals surface area contributed by atoms with Gasteiger partial charge >= 0.3 is 0 Å². The molecule has 0 spiro atoms. The van der Waals surface area contributed by atoms with E-state index in [1.807, 2.05) is 6.07 Å². The van der Waals surface area contributed by atoms with Gasteiger partial charge in [-0.2, -0.15) is 0 Å². The normalized spacial score (nSPS) is 21.1. The minimum Gasteiger partial charge on any atom is -0.506 e. The van der Waals surface area contributed by atoms with Crippen molar-refractivity contribution in [2.45, 2.75) is 6.04 Å². The molecule has 0 aromatic heterocycles. The van der Waals surface area contributed by atoms with Crippen molar-refractivity contribution in [1.82, 2.24) is 5.32 Å². The van der Waals surface area contributed by atoms with Crippen LogP contribution in [0.1, 0.15) is 11.6 Å². The van der Waals surface area contributed by atoms with Crippen LogP contribution in [0.4, 0.5) is 0 Å². The van der Waals surface area contributed by atoms with Crippen molar-refractivity contribution < 1.29 is 9.84 Å². The molecular weight excluding hydrogens is 406 g/mol. The summed E-state index contributed by atoms with van der Waals surface area (Å²) in [6.45, 7) is 2.16. The Morgan fingerprint density at radius 1 is 1.31 bits per heavy atom. The molecule has 1 saturated heterocycles. The first-order valence-electron chi connectivity index (χ1n) is 4.78. The van der Waals surface area contributed by atoms with E-state index < -0.39 is 0 Å². The number of ether oxygens (including phenoxy) is 1. The number of halogens is 3. The largest absolute Gasteiger partial charge is 0.506 e. The number of aromatic hydroxyl groups is 1. The zero-order chi connectivity index (χ0) is 11.7. The lowest BCUT2D eigenvalue weighted by Crippen LogP contribution is -2.35. The first-order valence-corrected chi connectivity index (χ1v) is 7.16. The Kier molecular flexibility index (Phi) is 4.29. The molecule has 1 heterocycles. The number of nitrogens with one attached hydrogen (secondary N) is 1. The summed E-state index contributed by atoms with van der Waals surface area (Å²) in [6.07, 6.45) is 0. The second-order valence-electron chi connectivity index (χ2n) is 3.50. The van der Waals surface area contributed by atoms with Crippen LogP contribution in [0.3, 0.4) is 0 Å². The van der Waals surface area contributed by atoms with E-state index in [2.05, 4.69) is 53.1 Å². The summed E-state index contributed by atoms with van der Waals surface area (Å²) in [5.74, 6) is 0.213. The number of hydrogen-bond acceptors (Lipinski definition) is 3. The fourth-order valence-electron chi connectivity index (χ4n) is 1.66. The molecule has 3 nitrogen and oxygen atoms in total. The van der Waals surface area contributed by atoms with Crippen LogP contribution in [0.25, 0.3) is 0 Å². The average molecular weight is 416 g/mol. The van der Waals surface area contributed by atoms with E-state index >= 15 is 0 Å². The van der Waals surface area contributed by atoms with Gasteiger partial charge in [-0.05, 0) is 37.9 Å². The maximum Gasteiger partial charge on any atom is 0.144 e. The SMILES string of the molecule is Oc1c(Br)cc(Br)c([C@@H]2COCCN2)c1Br. The lowest BCUT2D eigenvalue weighted by Gasteiger charge is -2.26. The molecule has 0 saturated carbocycles. The van der Waals surface area contributed by atoms with Gasteiger partial charge < -0.3 is 15.2 Å². The van der Waals surface area contributed by atoms with Gasteiger partial charge in [0.15, 0.2) is 0 Å². The van der Waals surface area contributed by atoms with E-state index in [1.54, 1.807) is 0 Å². The first-order chi connectivity index (χ1) is 7.61. The van der Waals surface area contributed by atoms with Crippen LogP contribution in [0.15, 0.2) is 19.5 Å². The highest BCUT2D eigenvalue weighted by atomic mass is 79.9. The molecule has 1 aliphatic rings. The van der Waals surface area contributed by atoms with E-state index in [-0.39, 0.29) is 11.8 Å². The van der Waals surface area contributed by atoms with Crippen molar-refractivity contribution in [2.75, 3.05) is 19.8 Å². The van der Waals surface area contributed by atoms with E-state index in [4.69, 9.17) is 4.74 Å². The highest BCUT2D eigenvalue weighted by molar-refractivity contribution is 9.11. The maximum atomic E-state index is 9.86. The van der Waals surface area contributed by atoms with Gasteiger partial charge in [0.2, 0.25) is 0 Å². The zero-order valence-electron chi connectivity index (χ0n) is 8.27. The Morgan fingerprint density at radius 2 is 2.06 bits per heavy atom. The highest BCUT2D eigenvalue weighted by Crippen LogP contribution is 2.42. The van der Waals surface area contributed by atoms with Crippen LogP contribution in [-0.2, 0) is 4.74 Å². The quantitative estimate of drug-likeness (QED) is 0.739. The van der Waals surface area contributed by atoms with Gasteiger partial charge in [0, 0.05) is 16.6 Å². The molecule has 88 valence electrons. The van der Waals surface area contributed by atoms with E-state index in [9.17, 15) is 5.11 Å². The molecule has 16 heavy (non-hydrogen) atoms. The number of phenols is 1. The molecule has 6 heteroatoms. The van der Waals surface area contributed by atoms with Crippen LogP contribution in [0, 0.1) is 0 Å². The number of phenolic OH excluding ortho intramolecular Hbond substituents is 1. The van der Waals surface area contributed by atoms with Gasteiger partial charge in [0.05, 0.1) is 28.2 Å². The molecular formula is C10H10Br3NO2. The van der Waals surface area contributed by atoms with Crippen molar-refractivity contribution in [3.05, 3.63) is 25.0 Å². The number of hydrogen-bond donors (Lipinski definition) is 2. The molecule has 0 unspecified atom stereocenters. The number of morpholine rings is 1. The molecule has 1 aliphatic heterocycles. The molecule has 1 aromatic carbocycles. The Labute approximate surface area is 119 Å². The molecule has 0 bridgehead atoms. The summed E-state index contributed by atoms with van der Waals surface area (Å²) < 4.78 is 7.71. The summed E-state index contributed by atoms with van der Waals surface area (Å²) in [5.41, 5.74) is 0.986. The minimum atomic E-state index is 0.0940.